The molecule has 0 saturated carbocycles. The first-order valence-corrected chi connectivity index (χ1v) is 3.09. The third kappa shape index (κ3) is 4.03. The van der Waals surface area contributed by atoms with Gasteiger partial charge in [0, 0.05) is 13.3 Å². The number of hydrogen-bond acceptors (Lipinski definition) is 2. The number of carbonyl (C=O) groups excluding carboxylic acids is 1. The maximum Gasteiger partial charge on any atom is 0.303 e. The van der Waals surface area contributed by atoms with Crippen molar-refractivity contribution in [3.63, 3.8) is 0 Å². The molecule has 0 aromatic heterocycles. The van der Waals surface area contributed by atoms with Crippen LogP contribution in [-0.2, 0) is 9.59 Å². The van der Waals surface area contributed by atoms with Gasteiger partial charge in [-0.1, -0.05) is 0 Å². The molecular formula is C6H12NO3+. The first-order chi connectivity index (χ1) is 4.54. The molecule has 0 fully saturated rings. The Hall–Kier alpha value is -0.900. The fourth-order valence-corrected chi connectivity index (χ4v) is 0.501. The molecule has 1 atom stereocenters. The Balaban J connectivity index is 3.49. The molecule has 4 heteroatoms. The van der Waals surface area contributed by atoms with E-state index in [4.69, 9.17) is 5.11 Å². The number of carboxylic acids is 1. The zero-order chi connectivity index (χ0) is 8.15. The van der Waals surface area contributed by atoms with Gasteiger partial charge in [-0.05, 0) is 0 Å². The molecule has 0 spiro atoms. The molecule has 0 unspecified atom stereocenters. The standard InChI is InChI=1S/C6H11NO3/c1-4(8)5(7)2-3-6(9)10/h5H,2-3,7H2,1H3,(H,9,10)/p+1/t5-/m0/s1. The van der Waals surface area contributed by atoms with E-state index in [2.05, 4.69) is 5.73 Å². The van der Waals surface area contributed by atoms with E-state index in [1.54, 1.807) is 0 Å². The van der Waals surface area contributed by atoms with Crippen LogP contribution in [0.3, 0.4) is 0 Å². The highest BCUT2D eigenvalue weighted by atomic mass is 16.4. The van der Waals surface area contributed by atoms with E-state index >= 15 is 0 Å². The fraction of sp³-hybridized carbons (Fsp3) is 0.667. The predicted molar refractivity (Wildman–Crippen MR) is 34.2 cm³/mol. The zero-order valence-corrected chi connectivity index (χ0v) is 5.96. The molecule has 4 N–H and O–H groups in total. The van der Waals surface area contributed by atoms with Crippen LogP contribution in [0.4, 0.5) is 0 Å². The van der Waals surface area contributed by atoms with Crippen LogP contribution in [0, 0.1) is 0 Å². The maximum atomic E-state index is 10.5. The van der Waals surface area contributed by atoms with Gasteiger partial charge in [-0.2, -0.15) is 0 Å². The molecule has 0 rings (SSSR count). The van der Waals surface area contributed by atoms with Crippen LogP contribution in [0.15, 0.2) is 0 Å². The minimum absolute atomic E-state index is 0.0216. The summed E-state index contributed by atoms with van der Waals surface area (Å²) in [6.45, 7) is 1.42. The van der Waals surface area contributed by atoms with Gasteiger partial charge in [0.25, 0.3) is 0 Å². The second kappa shape index (κ2) is 4.00. The molecule has 0 bridgehead atoms. The summed E-state index contributed by atoms with van der Waals surface area (Å²) in [7, 11) is 0. The number of carbonyl (C=O) groups is 2. The van der Waals surface area contributed by atoms with Crippen molar-refractivity contribution in [3.05, 3.63) is 0 Å². The van der Waals surface area contributed by atoms with Gasteiger partial charge in [-0.15, -0.1) is 0 Å². The number of hydrogen-bond donors (Lipinski definition) is 2. The Morgan fingerprint density at radius 3 is 2.40 bits per heavy atom. The normalized spacial score (nSPS) is 12.6. The summed E-state index contributed by atoms with van der Waals surface area (Å²) in [6.07, 6.45) is 0.360. The van der Waals surface area contributed by atoms with Gasteiger partial charge in [-0.25, -0.2) is 0 Å². The maximum absolute atomic E-state index is 10.5. The van der Waals surface area contributed by atoms with E-state index in [0.717, 1.165) is 0 Å². The van der Waals surface area contributed by atoms with Crippen molar-refractivity contribution in [3.8, 4) is 0 Å². The Kier molecular flexibility index (Phi) is 3.64. The molecule has 0 radical (unpaired) electrons. The lowest BCUT2D eigenvalue weighted by Crippen LogP contribution is -2.64. The van der Waals surface area contributed by atoms with E-state index in [1.165, 1.54) is 6.92 Å². The summed E-state index contributed by atoms with van der Waals surface area (Å²) in [5.74, 6) is -0.934. The minimum atomic E-state index is -0.880. The Morgan fingerprint density at radius 2 is 2.10 bits per heavy atom. The van der Waals surface area contributed by atoms with Crippen molar-refractivity contribution < 1.29 is 20.4 Å². The summed E-state index contributed by atoms with van der Waals surface area (Å²) in [5, 5.41) is 8.21. The highest BCUT2D eigenvalue weighted by molar-refractivity contribution is 5.80. The Morgan fingerprint density at radius 1 is 1.60 bits per heavy atom. The van der Waals surface area contributed by atoms with Crippen molar-refractivity contribution >= 4 is 11.8 Å². The molecular weight excluding hydrogens is 134 g/mol. The molecule has 4 nitrogen and oxygen atoms in total. The van der Waals surface area contributed by atoms with E-state index in [0.29, 0.717) is 6.42 Å². The quantitative estimate of drug-likeness (QED) is 0.536. The lowest BCUT2D eigenvalue weighted by molar-refractivity contribution is -0.404. The third-order valence-electron chi connectivity index (χ3n) is 1.28. The van der Waals surface area contributed by atoms with Crippen LogP contribution >= 0.6 is 0 Å². The second-order valence-corrected chi connectivity index (χ2v) is 2.24. The van der Waals surface area contributed by atoms with E-state index in [1.807, 2.05) is 0 Å². The lowest BCUT2D eigenvalue weighted by Gasteiger charge is -1.99. The number of rotatable bonds is 4. The summed E-state index contributed by atoms with van der Waals surface area (Å²) in [6, 6.07) is -0.365. The van der Waals surface area contributed by atoms with Crippen molar-refractivity contribution in [2.24, 2.45) is 0 Å². The molecule has 0 aromatic carbocycles. The van der Waals surface area contributed by atoms with Gasteiger partial charge >= 0.3 is 5.97 Å². The van der Waals surface area contributed by atoms with Crippen LogP contribution in [0.1, 0.15) is 19.8 Å². The van der Waals surface area contributed by atoms with E-state index in [9.17, 15) is 9.59 Å². The summed E-state index contributed by atoms with van der Waals surface area (Å²) in [4.78, 5) is 20.5. The average Bonchev–Trinajstić information content (AvgIpc) is 1.82. The van der Waals surface area contributed by atoms with Crippen molar-refractivity contribution in [1.82, 2.24) is 0 Å². The van der Waals surface area contributed by atoms with Crippen LogP contribution in [0.2, 0.25) is 0 Å². The topological polar surface area (TPSA) is 82.0 Å². The minimum Gasteiger partial charge on any atom is -0.481 e. The Bertz CT molecular complexity index is 144. The number of ketones is 1. The van der Waals surface area contributed by atoms with Crippen LogP contribution in [0.5, 0.6) is 0 Å². The average molecular weight is 146 g/mol. The highest BCUT2D eigenvalue weighted by Crippen LogP contribution is 1.92. The van der Waals surface area contributed by atoms with Crippen LogP contribution in [-0.4, -0.2) is 22.9 Å². The molecule has 58 valence electrons. The van der Waals surface area contributed by atoms with Crippen molar-refractivity contribution in [2.75, 3.05) is 0 Å². The number of Topliss-reactive ketones (excluding diaryl/α,β-unsaturated/α-hetero) is 1. The molecule has 0 saturated heterocycles. The lowest BCUT2D eigenvalue weighted by atomic mass is 10.1. The first kappa shape index (κ1) is 9.10. The van der Waals surface area contributed by atoms with Gasteiger partial charge in [0.1, 0.15) is 6.04 Å². The summed E-state index contributed by atoms with van der Waals surface area (Å²) < 4.78 is 0. The van der Waals surface area contributed by atoms with Crippen LogP contribution < -0.4 is 5.73 Å². The second-order valence-electron chi connectivity index (χ2n) is 2.24. The summed E-state index contributed by atoms with van der Waals surface area (Å²) >= 11 is 0. The van der Waals surface area contributed by atoms with Gasteiger partial charge in [0.05, 0.1) is 6.42 Å². The van der Waals surface area contributed by atoms with Gasteiger partial charge < -0.3 is 10.8 Å². The first-order valence-electron chi connectivity index (χ1n) is 3.09. The molecule has 0 aliphatic rings. The smallest absolute Gasteiger partial charge is 0.303 e. The molecule has 0 aliphatic heterocycles. The number of carboxylic acid groups (broad SMARTS) is 1. The molecule has 0 amide bonds. The van der Waals surface area contributed by atoms with E-state index in [-0.39, 0.29) is 18.2 Å². The largest absolute Gasteiger partial charge is 0.481 e. The zero-order valence-electron chi connectivity index (χ0n) is 5.96. The third-order valence-corrected chi connectivity index (χ3v) is 1.28. The fourth-order valence-electron chi connectivity index (χ4n) is 0.501. The van der Waals surface area contributed by atoms with Crippen LogP contribution in [0.25, 0.3) is 0 Å². The molecule has 10 heavy (non-hydrogen) atoms. The van der Waals surface area contributed by atoms with Gasteiger partial charge in [0.2, 0.25) is 0 Å². The number of quaternary nitrogens is 1. The van der Waals surface area contributed by atoms with E-state index < -0.39 is 5.97 Å². The molecule has 0 aromatic rings. The predicted octanol–water partition coefficient (Wildman–Crippen LogP) is -0.949. The van der Waals surface area contributed by atoms with Gasteiger partial charge in [0.15, 0.2) is 5.78 Å². The number of aliphatic carboxylic acids is 1. The van der Waals surface area contributed by atoms with Gasteiger partial charge in [-0.3, -0.25) is 9.59 Å². The molecule has 0 heterocycles. The Labute approximate surface area is 59.0 Å². The monoisotopic (exact) mass is 146 g/mol. The van der Waals surface area contributed by atoms with Crippen molar-refractivity contribution in [1.29, 1.82) is 0 Å². The SMILES string of the molecule is CC(=O)[C@@H]([NH3+])CCC(=O)O. The highest BCUT2D eigenvalue weighted by Gasteiger charge is 2.12. The molecule has 0 aliphatic carbocycles. The van der Waals surface area contributed by atoms with Crippen molar-refractivity contribution in [2.45, 2.75) is 25.8 Å². The summed E-state index contributed by atoms with van der Waals surface area (Å²) in [5.41, 5.74) is 3.50.